The quantitative estimate of drug-likeness (QED) is 0.400. The number of piperidine rings is 1. The van der Waals surface area contributed by atoms with Gasteiger partial charge in [-0.25, -0.2) is 19.3 Å². The van der Waals surface area contributed by atoms with Crippen molar-refractivity contribution in [1.29, 1.82) is 0 Å². The van der Waals surface area contributed by atoms with Crippen LogP contribution in [0.4, 0.5) is 5.95 Å². The maximum Gasteiger partial charge on any atom is 0.225 e. The highest BCUT2D eigenvalue weighted by Gasteiger charge is 2.24. The average Bonchev–Trinajstić information content (AvgIpc) is 3.59. The Balaban J connectivity index is 1.18. The van der Waals surface area contributed by atoms with Crippen molar-refractivity contribution >= 4 is 17.0 Å². The highest BCUT2D eigenvalue weighted by molar-refractivity contribution is 5.81. The van der Waals surface area contributed by atoms with Crippen LogP contribution in [0, 0.1) is 0 Å². The Labute approximate surface area is 196 Å². The van der Waals surface area contributed by atoms with Gasteiger partial charge in [-0.1, -0.05) is 30.3 Å². The Kier molecular flexibility index (Phi) is 5.17. The third kappa shape index (κ3) is 3.76. The summed E-state index contributed by atoms with van der Waals surface area (Å²) >= 11 is 0. The second-order valence-electron chi connectivity index (χ2n) is 8.50. The van der Waals surface area contributed by atoms with Crippen molar-refractivity contribution in [2.75, 3.05) is 18.0 Å². The van der Waals surface area contributed by atoms with E-state index in [2.05, 4.69) is 82.6 Å². The van der Waals surface area contributed by atoms with Crippen LogP contribution in [0.5, 0.6) is 0 Å². The minimum absolute atomic E-state index is 0.317. The molecule has 0 unspecified atom stereocenters. The van der Waals surface area contributed by atoms with Crippen molar-refractivity contribution in [2.45, 2.75) is 32.2 Å². The molecule has 0 N–H and O–H groups in total. The summed E-state index contributed by atoms with van der Waals surface area (Å²) in [5.41, 5.74) is 6.26. The van der Waals surface area contributed by atoms with Crippen LogP contribution >= 0.6 is 0 Å². The Morgan fingerprint density at radius 1 is 0.912 bits per heavy atom. The lowest BCUT2D eigenvalue weighted by atomic mass is 10.0. The molecule has 0 spiro atoms. The van der Waals surface area contributed by atoms with Crippen molar-refractivity contribution in [3.05, 3.63) is 66.7 Å². The van der Waals surface area contributed by atoms with Gasteiger partial charge in [0.2, 0.25) is 5.95 Å². The van der Waals surface area contributed by atoms with E-state index in [9.17, 15) is 0 Å². The van der Waals surface area contributed by atoms with Gasteiger partial charge in [-0.3, -0.25) is 0 Å². The summed E-state index contributed by atoms with van der Waals surface area (Å²) in [5, 5.41) is 20.3. The second-order valence-corrected chi connectivity index (χ2v) is 8.50. The Morgan fingerprint density at radius 3 is 2.38 bits per heavy atom. The predicted molar refractivity (Wildman–Crippen MR) is 128 cm³/mol. The minimum atomic E-state index is 0.317. The summed E-state index contributed by atoms with van der Waals surface area (Å²) in [6.07, 6.45) is 8.36. The molecule has 0 radical (unpaired) electrons. The van der Waals surface area contributed by atoms with Crippen LogP contribution in [-0.2, 0) is 6.42 Å². The van der Waals surface area contributed by atoms with Crippen LogP contribution < -0.4 is 4.90 Å². The smallest absolute Gasteiger partial charge is 0.225 e. The van der Waals surface area contributed by atoms with E-state index in [-0.39, 0.29) is 0 Å². The molecular weight excluding hydrogens is 428 g/mol. The fourth-order valence-corrected chi connectivity index (χ4v) is 4.48. The number of nitrogens with zero attached hydrogens (tertiary/aromatic N) is 10. The van der Waals surface area contributed by atoms with E-state index in [0.717, 1.165) is 71.7 Å². The molecule has 0 amide bonds. The zero-order chi connectivity index (χ0) is 22.9. The van der Waals surface area contributed by atoms with Gasteiger partial charge in [0.15, 0.2) is 0 Å². The first kappa shape index (κ1) is 20.4. The minimum Gasteiger partial charge on any atom is -0.341 e. The summed E-state index contributed by atoms with van der Waals surface area (Å²) in [6, 6.07) is 14.8. The van der Waals surface area contributed by atoms with E-state index in [0.29, 0.717) is 6.04 Å². The first-order valence-electron chi connectivity index (χ1n) is 11.5. The molecule has 5 aromatic rings. The molecule has 3 aromatic heterocycles. The van der Waals surface area contributed by atoms with E-state index in [1.54, 1.807) is 11.0 Å². The van der Waals surface area contributed by atoms with Gasteiger partial charge in [-0.05, 0) is 70.6 Å². The van der Waals surface area contributed by atoms with Crippen LogP contribution in [0.15, 0.2) is 61.2 Å². The topological polar surface area (TPSA) is 103 Å². The first-order valence-corrected chi connectivity index (χ1v) is 11.5. The van der Waals surface area contributed by atoms with E-state index >= 15 is 0 Å². The SMILES string of the molecule is CCc1cnc(N2CCC(n3nnc4cc(-c5ccc(-n6cnnn6)cc5)ccc43)CC2)nc1. The second kappa shape index (κ2) is 8.62. The van der Waals surface area contributed by atoms with Crippen molar-refractivity contribution < 1.29 is 0 Å². The van der Waals surface area contributed by atoms with Crippen LogP contribution in [-0.4, -0.2) is 58.3 Å². The number of aromatic nitrogens is 9. The molecule has 10 heteroatoms. The third-order valence-electron chi connectivity index (χ3n) is 6.48. The molecule has 0 saturated carbocycles. The van der Waals surface area contributed by atoms with Crippen molar-refractivity contribution in [3.63, 3.8) is 0 Å². The fraction of sp³-hybridized carbons (Fsp3) is 0.292. The highest BCUT2D eigenvalue weighted by atomic mass is 15.5. The third-order valence-corrected chi connectivity index (χ3v) is 6.48. The van der Waals surface area contributed by atoms with Gasteiger partial charge in [-0.2, -0.15) is 0 Å². The molecule has 1 aliphatic heterocycles. The Bertz CT molecular complexity index is 1380. The summed E-state index contributed by atoms with van der Waals surface area (Å²) in [5.74, 6) is 0.815. The summed E-state index contributed by atoms with van der Waals surface area (Å²) in [6.45, 7) is 3.93. The molecule has 1 saturated heterocycles. The molecule has 1 aliphatic rings. The largest absolute Gasteiger partial charge is 0.341 e. The van der Waals surface area contributed by atoms with E-state index < -0.39 is 0 Å². The van der Waals surface area contributed by atoms with Crippen LogP contribution in [0.2, 0.25) is 0 Å². The molecule has 6 rings (SSSR count). The maximum absolute atomic E-state index is 4.54. The number of rotatable bonds is 5. The summed E-state index contributed by atoms with van der Waals surface area (Å²) in [4.78, 5) is 11.3. The molecule has 170 valence electrons. The van der Waals surface area contributed by atoms with Crippen molar-refractivity contribution in [1.82, 2.24) is 45.2 Å². The van der Waals surface area contributed by atoms with Gasteiger partial charge < -0.3 is 4.90 Å². The number of anilines is 1. The number of aryl methyl sites for hydroxylation is 1. The summed E-state index contributed by atoms with van der Waals surface area (Å²) < 4.78 is 3.72. The molecule has 10 nitrogen and oxygen atoms in total. The normalized spacial score (nSPS) is 14.7. The number of hydrogen-bond donors (Lipinski definition) is 0. The number of tetrazole rings is 1. The monoisotopic (exact) mass is 452 g/mol. The van der Waals surface area contributed by atoms with Gasteiger partial charge in [0.25, 0.3) is 0 Å². The standard InChI is InChI=1S/C24H24N10/c1-2-17-14-25-24(26-15-17)32-11-9-21(10-12-32)34-23-8-5-19(13-22(23)28-30-34)18-3-6-20(7-4-18)33-16-27-29-31-33/h3-8,13-16,21H,2,9-12H2,1H3. The molecule has 1 fully saturated rings. The van der Waals surface area contributed by atoms with Crippen LogP contribution in [0.3, 0.4) is 0 Å². The molecule has 2 aromatic carbocycles. The zero-order valence-electron chi connectivity index (χ0n) is 18.9. The molecule has 0 aliphatic carbocycles. The number of hydrogen-bond acceptors (Lipinski definition) is 8. The lowest BCUT2D eigenvalue weighted by molar-refractivity contribution is 0.367. The number of fused-ring (bicyclic) bond motifs is 1. The predicted octanol–water partition coefficient (Wildman–Crippen LogP) is 3.27. The van der Waals surface area contributed by atoms with Crippen molar-refractivity contribution in [2.24, 2.45) is 0 Å². The Morgan fingerprint density at radius 2 is 1.68 bits per heavy atom. The van der Waals surface area contributed by atoms with Gasteiger partial charge >= 0.3 is 0 Å². The van der Waals surface area contributed by atoms with Gasteiger partial charge in [0.05, 0.1) is 17.2 Å². The Hall–Kier alpha value is -4.21. The van der Waals surface area contributed by atoms with E-state index in [4.69, 9.17) is 0 Å². The van der Waals surface area contributed by atoms with E-state index in [1.807, 2.05) is 24.5 Å². The van der Waals surface area contributed by atoms with Crippen LogP contribution in [0.1, 0.15) is 31.4 Å². The maximum atomic E-state index is 4.54. The fourth-order valence-electron chi connectivity index (χ4n) is 4.48. The van der Waals surface area contributed by atoms with Crippen molar-refractivity contribution in [3.8, 4) is 16.8 Å². The highest BCUT2D eigenvalue weighted by Crippen LogP contribution is 2.29. The first-order chi connectivity index (χ1) is 16.8. The molecule has 0 bridgehead atoms. The van der Waals surface area contributed by atoms with E-state index in [1.165, 1.54) is 0 Å². The number of benzene rings is 2. The molecular formula is C24H24N10. The molecule has 0 atom stereocenters. The zero-order valence-corrected chi connectivity index (χ0v) is 18.9. The van der Waals surface area contributed by atoms with Gasteiger partial charge in [0, 0.05) is 25.5 Å². The van der Waals surface area contributed by atoms with Gasteiger partial charge in [0.1, 0.15) is 11.8 Å². The average molecular weight is 453 g/mol. The lowest BCUT2D eigenvalue weighted by Gasteiger charge is -2.32. The van der Waals surface area contributed by atoms with Crippen LogP contribution in [0.25, 0.3) is 27.8 Å². The summed E-state index contributed by atoms with van der Waals surface area (Å²) in [7, 11) is 0. The van der Waals surface area contributed by atoms with Gasteiger partial charge in [-0.15, -0.1) is 10.2 Å². The lowest BCUT2D eigenvalue weighted by Crippen LogP contribution is -2.36. The molecule has 34 heavy (non-hydrogen) atoms. The molecule has 4 heterocycles.